The van der Waals surface area contributed by atoms with Gasteiger partial charge in [-0.3, -0.25) is 0 Å². The summed E-state index contributed by atoms with van der Waals surface area (Å²) in [6.07, 6.45) is 4.03. The van der Waals surface area contributed by atoms with E-state index in [-0.39, 0.29) is 0 Å². The Hall–Kier alpha value is -1.59. The van der Waals surface area contributed by atoms with Crippen molar-refractivity contribution < 1.29 is 13.2 Å². The number of benzene rings is 2. The number of unbranched alkanes of at least 4 members (excludes halogenated alkanes) is 1. The monoisotopic (exact) mass is 333 g/mol. The van der Waals surface area contributed by atoms with E-state index in [1.807, 2.05) is 24.3 Å². The van der Waals surface area contributed by atoms with E-state index < -0.39 is 10.0 Å². The van der Waals surface area contributed by atoms with Crippen molar-refractivity contribution in [2.75, 3.05) is 19.7 Å². The average Bonchev–Trinajstić information content (AvgIpc) is 3.10. The second kappa shape index (κ2) is 6.89. The van der Waals surface area contributed by atoms with Gasteiger partial charge in [-0.1, -0.05) is 25.5 Å². The zero-order chi connectivity index (χ0) is 16.3. The Balaban J connectivity index is 1.86. The predicted molar refractivity (Wildman–Crippen MR) is 92.3 cm³/mol. The molecule has 23 heavy (non-hydrogen) atoms. The van der Waals surface area contributed by atoms with Crippen LogP contribution in [-0.2, 0) is 10.0 Å². The van der Waals surface area contributed by atoms with Gasteiger partial charge in [0, 0.05) is 13.1 Å². The first-order valence-electron chi connectivity index (χ1n) is 8.28. The highest BCUT2D eigenvalue weighted by molar-refractivity contribution is 7.89. The maximum atomic E-state index is 12.6. The van der Waals surface area contributed by atoms with E-state index in [1.54, 1.807) is 16.4 Å². The Morgan fingerprint density at radius 3 is 2.48 bits per heavy atom. The fraction of sp³-hybridized carbons (Fsp3) is 0.444. The molecule has 0 unspecified atom stereocenters. The zero-order valence-corrected chi connectivity index (χ0v) is 14.3. The van der Waals surface area contributed by atoms with Gasteiger partial charge in [0.1, 0.15) is 5.75 Å². The van der Waals surface area contributed by atoms with Crippen molar-refractivity contribution in [3.8, 4) is 5.75 Å². The number of rotatable bonds is 6. The second-order valence-corrected chi connectivity index (χ2v) is 7.92. The fourth-order valence-electron chi connectivity index (χ4n) is 2.86. The van der Waals surface area contributed by atoms with Crippen LogP contribution < -0.4 is 4.74 Å². The van der Waals surface area contributed by atoms with Crippen LogP contribution in [0.4, 0.5) is 0 Å². The molecule has 1 aliphatic heterocycles. The van der Waals surface area contributed by atoms with Crippen LogP contribution in [-0.4, -0.2) is 32.4 Å². The lowest BCUT2D eigenvalue weighted by Gasteiger charge is -2.16. The Kier molecular flexibility index (Phi) is 4.87. The van der Waals surface area contributed by atoms with E-state index >= 15 is 0 Å². The molecular formula is C18H23NO3S. The summed E-state index contributed by atoms with van der Waals surface area (Å²) in [7, 11) is -3.36. The summed E-state index contributed by atoms with van der Waals surface area (Å²) in [5.41, 5.74) is 0. The number of ether oxygens (including phenoxy) is 1. The standard InChI is InChI=1S/C18H23NO3S/c1-2-3-12-22-17-8-6-16-14-18(9-7-15(16)13-17)23(20,21)19-10-4-5-11-19/h6-9,13-14H,2-5,10-12H2,1H3. The van der Waals surface area contributed by atoms with Crippen molar-refractivity contribution in [1.29, 1.82) is 0 Å². The number of hydrogen-bond donors (Lipinski definition) is 0. The third-order valence-electron chi connectivity index (χ3n) is 4.25. The minimum absolute atomic E-state index is 0.381. The molecule has 2 aromatic rings. The zero-order valence-electron chi connectivity index (χ0n) is 13.5. The lowest BCUT2D eigenvalue weighted by molar-refractivity contribution is 0.310. The predicted octanol–water partition coefficient (Wildman–Crippen LogP) is 3.80. The van der Waals surface area contributed by atoms with Crippen LogP contribution in [0.25, 0.3) is 10.8 Å². The van der Waals surface area contributed by atoms with Gasteiger partial charge in [-0.15, -0.1) is 0 Å². The van der Waals surface area contributed by atoms with Crippen LogP contribution in [0.15, 0.2) is 41.3 Å². The van der Waals surface area contributed by atoms with Crippen molar-refractivity contribution in [3.05, 3.63) is 36.4 Å². The SMILES string of the molecule is CCCCOc1ccc2cc(S(=O)(=O)N3CCCC3)ccc2c1. The molecule has 0 bridgehead atoms. The molecule has 0 aromatic heterocycles. The quantitative estimate of drug-likeness (QED) is 0.755. The highest BCUT2D eigenvalue weighted by atomic mass is 32.2. The largest absolute Gasteiger partial charge is 0.494 e. The van der Waals surface area contributed by atoms with Gasteiger partial charge >= 0.3 is 0 Å². The van der Waals surface area contributed by atoms with Crippen LogP contribution in [0, 0.1) is 0 Å². The molecule has 124 valence electrons. The van der Waals surface area contributed by atoms with Gasteiger partial charge in [-0.2, -0.15) is 4.31 Å². The average molecular weight is 333 g/mol. The molecule has 3 rings (SSSR count). The Morgan fingerprint density at radius 2 is 1.74 bits per heavy atom. The Labute approximate surface area is 138 Å². The van der Waals surface area contributed by atoms with E-state index in [1.165, 1.54) is 0 Å². The molecular weight excluding hydrogens is 310 g/mol. The smallest absolute Gasteiger partial charge is 0.243 e. The van der Waals surface area contributed by atoms with E-state index in [2.05, 4.69) is 6.92 Å². The van der Waals surface area contributed by atoms with Gasteiger partial charge in [0.2, 0.25) is 10.0 Å². The molecule has 1 heterocycles. The fourth-order valence-corrected chi connectivity index (χ4v) is 4.42. The van der Waals surface area contributed by atoms with E-state index in [0.29, 0.717) is 24.6 Å². The van der Waals surface area contributed by atoms with Gasteiger partial charge < -0.3 is 4.74 Å². The molecule has 0 saturated carbocycles. The lowest BCUT2D eigenvalue weighted by atomic mass is 10.1. The molecule has 0 radical (unpaired) electrons. The number of sulfonamides is 1. The molecule has 0 N–H and O–H groups in total. The Bertz CT molecular complexity index is 780. The van der Waals surface area contributed by atoms with Crippen molar-refractivity contribution >= 4 is 20.8 Å². The van der Waals surface area contributed by atoms with Crippen molar-refractivity contribution in [3.63, 3.8) is 0 Å². The summed E-state index contributed by atoms with van der Waals surface area (Å²) in [5, 5.41) is 1.92. The lowest BCUT2D eigenvalue weighted by Crippen LogP contribution is -2.27. The summed E-state index contributed by atoms with van der Waals surface area (Å²) in [4.78, 5) is 0.381. The van der Waals surface area contributed by atoms with Gasteiger partial charge in [0.05, 0.1) is 11.5 Å². The van der Waals surface area contributed by atoms with Gasteiger partial charge in [0.25, 0.3) is 0 Å². The van der Waals surface area contributed by atoms with E-state index in [9.17, 15) is 8.42 Å². The molecule has 5 heteroatoms. The second-order valence-electron chi connectivity index (χ2n) is 5.98. The normalized spacial score (nSPS) is 16.0. The van der Waals surface area contributed by atoms with E-state index in [0.717, 1.165) is 42.2 Å². The number of hydrogen-bond acceptors (Lipinski definition) is 3. The van der Waals surface area contributed by atoms with Crippen LogP contribution in [0.5, 0.6) is 5.75 Å². The summed E-state index contributed by atoms with van der Waals surface area (Å²) in [6, 6.07) is 11.1. The highest BCUT2D eigenvalue weighted by Gasteiger charge is 2.27. The molecule has 2 aromatic carbocycles. The topological polar surface area (TPSA) is 46.6 Å². The first-order chi connectivity index (χ1) is 11.1. The van der Waals surface area contributed by atoms with E-state index in [4.69, 9.17) is 4.74 Å². The maximum Gasteiger partial charge on any atom is 0.243 e. The molecule has 0 atom stereocenters. The number of fused-ring (bicyclic) bond motifs is 1. The molecule has 1 fully saturated rings. The van der Waals surface area contributed by atoms with Crippen molar-refractivity contribution in [2.45, 2.75) is 37.5 Å². The third kappa shape index (κ3) is 3.51. The molecule has 1 aliphatic rings. The van der Waals surface area contributed by atoms with Crippen LogP contribution >= 0.6 is 0 Å². The minimum atomic E-state index is -3.36. The molecule has 4 nitrogen and oxygen atoms in total. The van der Waals surface area contributed by atoms with Crippen LogP contribution in [0.1, 0.15) is 32.6 Å². The summed E-state index contributed by atoms with van der Waals surface area (Å²) < 4.78 is 32.5. The van der Waals surface area contributed by atoms with Crippen LogP contribution in [0.2, 0.25) is 0 Å². The third-order valence-corrected chi connectivity index (χ3v) is 6.15. The first kappa shape index (κ1) is 16.3. The minimum Gasteiger partial charge on any atom is -0.494 e. The molecule has 1 saturated heterocycles. The summed E-state index contributed by atoms with van der Waals surface area (Å²) in [5.74, 6) is 0.834. The molecule has 0 aliphatic carbocycles. The molecule has 0 spiro atoms. The summed E-state index contributed by atoms with van der Waals surface area (Å²) in [6.45, 7) is 4.10. The first-order valence-corrected chi connectivity index (χ1v) is 9.72. The van der Waals surface area contributed by atoms with Crippen molar-refractivity contribution in [1.82, 2.24) is 4.31 Å². The number of nitrogens with zero attached hydrogens (tertiary/aromatic N) is 1. The van der Waals surface area contributed by atoms with Gasteiger partial charge in [-0.05, 0) is 54.3 Å². The summed E-state index contributed by atoms with van der Waals surface area (Å²) >= 11 is 0. The maximum absolute atomic E-state index is 12.6. The molecule has 0 amide bonds. The Morgan fingerprint density at radius 1 is 1.04 bits per heavy atom. The van der Waals surface area contributed by atoms with Crippen molar-refractivity contribution in [2.24, 2.45) is 0 Å². The van der Waals surface area contributed by atoms with Gasteiger partial charge in [-0.25, -0.2) is 8.42 Å². The van der Waals surface area contributed by atoms with Crippen LogP contribution in [0.3, 0.4) is 0 Å². The highest BCUT2D eigenvalue weighted by Crippen LogP contribution is 2.27. The van der Waals surface area contributed by atoms with Gasteiger partial charge in [0.15, 0.2) is 0 Å².